The van der Waals surface area contributed by atoms with E-state index < -0.39 is 11.3 Å². The smallest absolute Gasteiger partial charge is 0.315 e. The van der Waals surface area contributed by atoms with Gasteiger partial charge in [-0.15, -0.1) is 0 Å². The molecule has 1 amide bonds. The van der Waals surface area contributed by atoms with E-state index in [1.165, 1.54) is 16.7 Å². The van der Waals surface area contributed by atoms with Crippen molar-refractivity contribution in [3.8, 4) is 5.75 Å². The molecule has 2 heterocycles. The summed E-state index contributed by atoms with van der Waals surface area (Å²) in [6.07, 6.45) is 5.94. The van der Waals surface area contributed by atoms with Gasteiger partial charge in [0, 0.05) is 31.5 Å². The van der Waals surface area contributed by atoms with Gasteiger partial charge >= 0.3 is 5.56 Å². The quantitative estimate of drug-likeness (QED) is 0.840. The predicted octanol–water partition coefficient (Wildman–Crippen LogP) is 3.35. The number of aryl methyl sites for hydroxylation is 2. The molecule has 1 saturated carbocycles. The first-order valence-electron chi connectivity index (χ1n) is 11.0. The summed E-state index contributed by atoms with van der Waals surface area (Å²) in [5.41, 5.74) is 3.15. The first-order valence-corrected chi connectivity index (χ1v) is 11.0. The molecule has 1 fully saturated rings. The summed E-state index contributed by atoms with van der Waals surface area (Å²) in [6.45, 7) is 6.80. The monoisotopic (exact) mass is 409 g/mol. The van der Waals surface area contributed by atoms with Gasteiger partial charge in [-0.1, -0.05) is 43.5 Å². The van der Waals surface area contributed by atoms with Gasteiger partial charge < -0.3 is 14.6 Å². The molecule has 2 aliphatic rings. The first-order chi connectivity index (χ1) is 14.3. The van der Waals surface area contributed by atoms with Crippen molar-refractivity contribution in [2.45, 2.75) is 77.3 Å². The second-order valence-corrected chi connectivity index (χ2v) is 9.13. The van der Waals surface area contributed by atoms with Gasteiger partial charge in [0.05, 0.1) is 0 Å². The number of rotatable bonds is 4. The number of likely N-dealkylation sites (N-methyl/N-ethyl adjacent to an activating group) is 1. The number of nitrogens with zero attached hydrogens (tertiary/aromatic N) is 3. The Bertz CT molecular complexity index is 1050. The van der Waals surface area contributed by atoms with Crippen molar-refractivity contribution in [1.29, 1.82) is 0 Å². The number of hydrogen-bond acceptors (Lipinski definition) is 4. The molecular formula is C24H31N3O3. The van der Waals surface area contributed by atoms with Crippen LogP contribution < -0.4 is 5.56 Å². The van der Waals surface area contributed by atoms with Gasteiger partial charge in [-0.3, -0.25) is 9.59 Å². The van der Waals surface area contributed by atoms with E-state index in [1.807, 2.05) is 6.92 Å². The molecular weight excluding hydrogens is 378 g/mol. The molecule has 0 unspecified atom stereocenters. The van der Waals surface area contributed by atoms with Crippen molar-refractivity contribution >= 4 is 5.91 Å². The highest BCUT2D eigenvalue weighted by Gasteiger charge is 2.40. The Labute approximate surface area is 177 Å². The molecule has 6 nitrogen and oxygen atoms in total. The minimum Gasteiger partial charge on any atom is -0.501 e. The van der Waals surface area contributed by atoms with Crippen molar-refractivity contribution in [1.82, 2.24) is 14.5 Å². The van der Waals surface area contributed by atoms with E-state index in [4.69, 9.17) is 0 Å². The van der Waals surface area contributed by atoms with Crippen molar-refractivity contribution in [3.05, 3.63) is 56.8 Å². The number of hydrogen-bond donors (Lipinski definition) is 1. The maximum absolute atomic E-state index is 12.8. The van der Waals surface area contributed by atoms with Crippen LogP contribution in [-0.4, -0.2) is 38.6 Å². The number of amides is 1. The lowest BCUT2D eigenvalue weighted by atomic mass is 9.74. The van der Waals surface area contributed by atoms with Crippen LogP contribution in [0, 0.1) is 6.92 Å². The molecule has 1 aliphatic carbocycles. The number of benzene rings is 1. The highest BCUT2D eigenvalue weighted by Crippen LogP contribution is 2.44. The van der Waals surface area contributed by atoms with Gasteiger partial charge in [-0.2, -0.15) is 4.98 Å². The van der Waals surface area contributed by atoms with Crippen LogP contribution in [0.4, 0.5) is 0 Å². The third kappa shape index (κ3) is 3.32. The van der Waals surface area contributed by atoms with Crippen molar-refractivity contribution in [2.75, 3.05) is 7.05 Å². The van der Waals surface area contributed by atoms with E-state index in [0.717, 1.165) is 32.1 Å². The van der Waals surface area contributed by atoms with Crippen LogP contribution in [0.5, 0.6) is 5.75 Å². The van der Waals surface area contributed by atoms with E-state index in [9.17, 15) is 14.7 Å². The fraction of sp³-hybridized carbons (Fsp3) is 0.542. The number of carbonyl (C=O) groups excluding carboxylic acids is 1. The lowest BCUT2D eigenvalue weighted by Crippen LogP contribution is -2.47. The van der Waals surface area contributed by atoms with Crippen LogP contribution in [0.15, 0.2) is 23.0 Å². The molecule has 30 heavy (non-hydrogen) atoms. The highest BCUT2D eigenvalue weighted by atomic mass is 16.3. The predicted molar refractivity (Wildman–Crippen MR) is 116 cm³/mol. The summed E-state index contributed by atoms with van der Waals surface area (Å²) in [5, 5.41) is 10.3. The van der Waals surface area contributed by atoms with E-state index in [2.05, 4.69) is 37.0 Å². The number of aromatic nitrogens is 2. The number of carbonyl (C=O) groups is 1. The summed E-state index contributed by atoms with van der Waals surface area (Å²) < 4.78 is 1.79. The third-order valence-electron chi connectivity index (χ3n) is 7.08. The molecule has 1 N–H and O–H groups in total. The van der Waals surface area contributed by atoms with Gasteiger partial charge in [0.15, 0.2) is 5.69 Å². The number of aromatic hydroxyl groups is 1. The summed E-state index contributed by atoms with van der Waals surface area (Å²) in [6, 6.07) is 6.77. The second-order valence-electron chi connectivity index (χ2n) is 9.13. The molecule has 1 atom stereocenters. The van der Waals surface area contributed by atoms with Gasteiger partial charge in [-0.05, 0) is 44.2 Å². The fourth-order valence-corrected chi connectivity index (χ4v) is 5.19. The van der Waals surface area contributed by atoms with E-state index in [0.29, 0.717) is 18.8 Å². The normalized spacial score (nSPS) is 20.5. The molecule has 0 radical (unpaired) electrons. The van der Waals surface area contributed by atoms with Crippen molar-refractivity contribution in [2.24, 2.45) is 0 Å². The van der Waals surface area contributed by atoms with E-state index >= 15 is 0 Å². The minimum atomic E-state index is -0.709. The molecule has 1 aromatic heterocycles. The van der Waals surface area contributed by atoms with Crippen LogP contribution in [0.25, 0.3) is 0 Å². The topological polar surface area (TPSA) is 75.4 Å². The molecule has 1 aliphatic heterocycles. The molecule has 0 saturated heterocycles. The molecule has 1 aromatic carbocycles. The summed E-state index contributed by atoms with van der Waals surface area (Å²) >= 11 is 0. The summed E-state index contributed by atoms with van der Waals surface area (Å²) in [4.78, 5) is 31.2. The zero-order chi connectivity index (χ0) is 21.6. The zero-order valence-electron chi connectivity index (χ0n) is 18.4. The maximum Gasteiger partial charge on any atom is 0.315 e. The third-order valence-corrected chi connectivity index (χ3v) is 7.08. The van der Waals surface area contributed by atoms with E-state index in [1.54, 1.807) is 16.5 Å². The van der Waals surface area contributed by atoms with Gasteiger partial charge in [0.2, 0.25) is 5.75 Å². The molecule has 6 heteroatoms. The SMILES string of the molecule is CCc1cc(C)cc(C2(Cc3nc(=O)c(O)c4n3C[C@H](C)N(C)C4=O)CCCC2)c1. The standard InChI is InChI=1S/C24H31N3O3/c1-5-17-10-15(2)11-18(12-17)24(8-6-7-9-24)13-19-25-22(29)21(28)20-23(30)26(4)16(3)14-27(19)20/h10-12,16,28H,5-9,13-14H2,1-4H3/t16-/m0/s1. The van der Waals surface area contributed by atoms with Crippen LogP contribution in [0.2, 0.25) is 0 Å². The lowest BCUT2D eigenvalue weighted by molar-refractivity contribution is 0.0660. The van der Waals surface area contributed by atoms with E-state index in [-0.39, 0.29) is 23.1 Å². The Morgan fingerprint density at radius 1 is 1.20 bits per heavy atom. The Morgan fingerprint density at radius 3 is 2.57 bits per heavy atom. The van der Waals surface area contributed by atoms with Gasteiger partial charge in [-0.25, -0.2) is 0 Å². The zero-order valence-corrected chi connectivity index (χ0v) is 18.4. The van der Waals surface area contributed by atoms with Crippen molar-refractivity contribution in [3.63, 3.8) is 0 Å². The average molecular weight is 410 g/mol. The minimum absolute atomic E-state index is 0.0300. The Balaban J connectivity index is 1.85. The van der Waals surface area contributed by atoms with Crippen LogP contribution in [-0.2, 0) is 24.8 Å². The molecule has 4 rings (SSSR count). The largest absolute Gasteiger partial charge is 0.501 e. The Hall–Kier alpha value is -2.63. The van der Waals surface area contributed by atoms with Gasteiger partial charge in [0.1, 0.15) is 5.82 Å². The Kier molecular flexibility index (Phi) is 5.20. The molecule has 160 valence electrons. The highest BCUT2D eigenvalue weighted by molar-refractivity contribution is 5.95. The summed E-state index contributed by atoms with van der Waals surface area (Å²) in [5.74, 6) is -0.245. The maximum atomic E-state index is 12.8. The van der Waals surface area contributed by atoms with Crippen LogP contribution in [0.3, 0.4) is 0 Å². The van der Waals surface area contributed by atoms with Crippen LogP contribution >= 0.6 is 0 Å². The second kappa shape index (κ2) is 7.56. The van der Waals surface area contributed by atoms with Gasteiger partial charge in [0.25, 0.3) is 5.91 Å². The average Bonchev–Trinajstić information content (AvgIpc) is 3.19. The van der Waals surface area contributed by atoms with Crippen molar-refractivity contribution < 1.29 is 9.90 Å². The number of fused-ring (bicyclic) bond motifs is 1. The lowest BCUT2D eigenvalue weighted by Gasteiger charge is -2.36. The van der Waals surface area contributed by atoms with Crippen LogP contribution in [0.1, 0.15) is 72.5 Å². The molecule has 2 aromatic rings. The molecule has 0 spiro atoms. The Morgan fingerprint density at radius 2 is 1.90 bits per heavy atom. The summed E-state index contributed by atoms with van der Waals surface area (Å²) in [7, 11) is 1.71. The fourth-order valence-electron chi connectivity index (χ4n) is 5.19. The molecule has 0 bridgehead atoms. The first kappa shape index (κ1) is 20.6.